The zero-order valence-electron chi connectivity index (χ0n) is 10.5. The third-order valence-electron chi connectivity index (χ3n) is 2.92. The standard InChI is InChI=1S/C15H17ClO2/c1-12-4-5-15(14(9-12)3-2-7-16)18-11-13-6-8-17-10-13/h4-5,9,13H,6-8,10-11H2,1H3. The van der Waals surface area contributed by atoms with Crippen molar-refractivity contribution < 1.29 is 9.47 Å². The fraction of sp³-hybridized carbons (Fsp3) is 0.467. The molecule has 1 fully saturated rings. The van der Waals surface area contributed by atoms with Crippen LogP contribution in [0.5, 0.6) is 5.75 Å². The van der Waals surface area contributed by atoms with Gasteiger partial charge >= 0.3 is 0 Å². The lowest BCUT2D eigenvalue weighted by molar-refractivity contribution is 0.167. The summed E-state index contributed by atoms with van der Waals surface area (Å²) in [5.74, 6) is 7.59. The van der Waals surface area contributed by atoms with Crippen molar-refractivity contribution in [2.45, 2.75) is 13.3 Å². The van der Waals surface area contributed by atoms with E-state index in [4.69, 9.17) is 21.1 Å². The van der Waals surface area contributed by atoms with E-state index < -0.39 is 0 Å². The quantitative estimate of drug-likeness (QED) is 0.617. The molecular formula is C15H17ClO2. The van der Waals surface area contributed by atoms with Crippen molar-refractivity contribution in [1.82, 2.24) is 0 Å². The van der Waals surface area contributed by atoms with Crippen LogP contribution >= 0.6 is 11.6 Å². The molecule has 0 aliphatic carbocycles. The van der Waals surface area contributed by atoms with Gasteiger partial charge in [-0.15, -0.1) is 11.6 Å². The Bertz CT molecular complexity index is 453. The van der Waals surface area contributed by atoms with Crippen LogP contribution in [0.15, 0.2) is 18.2 Å². The van der Waals surface area contributed by atoms with Gasteiger partial charge in [-0.3, -0.25) is 0 Å². The minimum absolute atomic E-state index is 0.337. The molecule has 1 aliphatic heterocycles. The SMILES string of the molecule is Cc1ccc(OCC2CCOC2)c(C#CCCl)c1. The minimum atomic E-state index is 0.337. The number of alkyl halides is 1. The Labute approximate surface area is 113 Å². The topological polar surface area (TPSA) is 18.5 Å². The molecule has 0 amide bonds. The van der Waals surface area contributed by atoms with Crippen LogP contribution in [-0.2, 0) is 4.74 Å². The third-order valence-corrected chi connectivity index (χ3v) is 3.06. The van der Waals surface area contributed by atoms with Crippen molar-refractivity contribution in [3.63, 3.8) is 0 Å². The van der Waals surface area contributed by atoms with Gasteiger partial charge in [-0.1, -0.05) is 17.9 Å². The average molecular weight is 265 g/mol. The van der Waals surface area contributed by atoms with Gasteiger partial charge in [0.1, 0.15) is 5.75 Å². The number of ether oxygens (including phenoxy) is 2. The Hall–Kier alpha value is -1.17. The Balaban J connectivity index is 2.05. The first-order valence-corrected chi connectivity index (χ1v) is 6.69. The maximum Gasteiger partial charge on any atom is 0.134 e. The summed E-state index contributed by atoms with van der Waals surface area (Å²) in [7, 11) is 0. The molecule has 3 heteroatoms. The summed E-state index contributed by atoms with van der Waals surface area (Å²) in [5, 5.41) is 0. The number of hydrogen-bond acceptors (Lipinski definition) is 2. The van der Waals surface area contributed by atoms with E-state index in [-0.39, 0.29) is 0 Å². The molecule has 2 nitrogen and oxygen atoms in total. The van der Waals surface area contributed by atoms with E-state index in [9.17, 15) is 0 Å². The van der Waals surface area contributed by atoms with Crippen LogP contribution in [0.4, 0.5) is 0 Å². The summed E-state index contributed by atoms with van der Waals surface area (Å²) in [4.78, 5) is 0. The maximum atomic E-state index is 5.85. The van der Waals surface area contributed by atoms with E-state index in [1.165, 1.54) is 5.56 Å². The molecule has 1 aromatic rings. The van der Waals surface area contributed by atoms with Gasteiger partial charge in [-0.2, -0.15) is 0 Å². The highest BCUT2D eigenvalue weighted by Gasteiger charge is 2.16. The van der Waals surface area contributed by atoms with Crippen molar-refractivity contribution in [1.29, 1.82) is 0 Å². The molecule has 96 valence electrons. The van der Waals surface area contributed by atoms with Crippen molar-refractivity contribution >= 4 is 11.6 Å². The molecule has 18 heavy (non-hydrogen) atoms. The molecule has 0 spiro atoms. The Morgan fingerprint density at radius 2 is 2.39 bits per heavy atom. The predicted molar refractivity (Wildman–Crippen MR) is 73.2 cm³/mol. The smallest absolute Gasteiger partial charge is 0.134 e. The van der Waals surface area contributed by atoms with Crippen LogP contribution < -0.4 is 4.74 Å². The van der Waals surface area contributed by atoms with Crippen LogP contribution in [0, 0.1) is 24.7 Å². The highest BCUT2D eigenvalue weighted by Crippen LogP contribution is 2.21. The highest BCUT2D eigenvalue weighted by atomic mass is 35.5. The number of rotatable bonds is 3. The molecule has 1 aromatic carbocycles. The lowest BCUT2D eigenvalue weighted by Gasteiger charge is -2.12. The van der Waals surface area contributed by atoms with Crippen LogP contribution in [0.3, 0.4) is 0 Å². The number of hydrogen-bond donors (Lipinski definition) is 0. The van der Waals surface area contributed by atoms with Gasteiger partial charge < -0.3 is 9.47 Å². The average Bonchev–Trinajstić information content (AvgIpc) is 2.88. The van der Waals surface area contributed by atoms with E-state index in [1.807, 2.05) is 25.1 Å². The van der Waals surface area contributed by atoms with Crippen molar-refractivity contribution in [3.8, 4) is 17.6 Å². The Kier molecular flexibility index (Phi) is 4.92. The van der Waals surface area contributed by atoms with Crippen LogP contribution in [0.25, 0.3) is 0 Å². The zero-order chi connectivity index (χ0) is 12.8. The molecule has 0 bridgehead atoms. The summed E-state index contributed by atoms with van der Waals surface area (Å²) in [6.07, 6.45) is 1.08. The molecule has 1 heterocycles. The van der Waals surface area contributed by atoms with Crippen LogP contribution in [-0.4, -0.2) is 25.7 Å². The van der Waals surface area contributed by atoms with Crippen LogP contribution in [0.1, 0.15) is 17.5 Å². The maximum absolute atomic E-state index is 5.85. The lowest BCUT2D eigenvalue weighted by atomic mass is 10.1. The molecule has 0 saturated carbocycles. The highest BCUT2D eigenvalue weighted by molar-refractivity contribution is 6.19. The van der Waals surface area contributed by atoms with E-state index in [0.717, 1.165) is 30.9 Å². The van der Waals surface area contributed by atoms with E-state index in [1.54, 1.807) is 0 Å². The summed E-state index contributed by atoms with van der Waals surface area (Å²) >= 11 is 5.59. The van der Waals surface area contributed by atoms with Crippen molar-refractivity contribution in [2.24, 2.45) is 5.92 Å². The van der Waals surface area contributed by atoms with Gasteiger partial charge in [0.2, 0.25) is 0 Å². The molecule has 0 N–H and O–H groups in total. The van der Waals surface area contributed by atoms with Gasteiger partial charge in [0, 0.05) is 12.5 Å². The van der Waals surface area contributed by atoms with Gasteiger partial charge in [0.05, 0.1) is 24.7 Å². The number of halogens is 1. The molecule has 0 aromatic heterocycles. The monoisotopic (exact) mass is 264 g/mol. The fourth-order valence-corrected chi connectivity index (χ4v) is 1.99. The first-order chi connectivity index (χ1) is 8.79. The second kappa shape index (κ2) is 6.68. The normalized spacial score (nSPS) is 18.2. The minimum Gasteiger partial charge on any atom is -0.492 e. The summed E-state index contributed by atoms with van der Waals surface area (Å²) in [5.41, 5.74) is 2.08. The zero-order valence-corrected chi connectivity index (χ0v) is 11.3. The molecule has 2 rings (SSSR count). The summed E-state index contributed by atoms with van der Waals surface area (Å²) < 4.78 is 11.2. The molecule has 1 atom stereocenters. The van der Waals surface area contributed by atoms with E-state index in [0.29, 0.717) is 18.4 Å². The Morgan fingerprint density at radius 3 is 3.11 bits per heavy atom. The molecular weight excluding hydrogens is 248 g/mol. The van der Waals surface area contributed by atoms with Gasteiger partial charge in [0.25, 0.3) is 0 Å². The first-order valence-electron chi connectivity index (χ1n) is 6.15. The first kappa shape index (κ1) is 13.3. The van der Waals surface area contributed by atoms with Crippen molar-refractivity contribution in [2.75, 3.05) is 25.7 Å². The number of aryl methyl sites for hydroxylation is 1. The fourth-order valence-electron chi connectivity index (χ4n) is 1.92. The molecule has 1 saturated heterocycles. The number of benzene rings is 1. The summed E-state index contributed by atoms with van der Waals surface area (Å²) in [6.45, 7) is 4.38. The third kappa shape index (κ3) is 3.66. The second-order valence-electron chi connectivity index (χ2n) is 4.48. The molecule has 1 unspecified atom stereocenters. The van der Waals surface area contributed by atoms with Gasteiger partial charge in [-0.25, -0.2) is 0 Å². The summed E-state index contributed by atoms with van der Waals surface area (Å²) in [6, 6.07) is 6.04. The van der Waals surface area contributed by atoms with E-state index in [2.05, 4.69) is 11.8 Å². The predicted octanol–water partition coefficient (Wildman–Crippen LogP) is 3.00. The lowest BCUT2D eigenvalue weighted by Crippen LogP contribution is -2.12. The van der Waals surface area contributed by atoms with E-state index >= 15 is 0 Å². The largest absolute Gasteiger partial charge is 0.492 e. The van der Waals surface area contributed by atoms with Crippen molar-refractivity contribution in [3.05, 3.63) is 29.3 Å². The molecule has 0 radical (unpaired) electrons. The van der Waals surface area contributed by atoms with Crippen LogP contribution in [0.2, 0.25) is 0 Å². The van der Waals surface area contributed by atoms with Gasteiger partial charge in [0.15, 0.2) is 0 Å². The Morgan fingerprint density at radius 1 is 1.50 bits per heavy atom. The second-order valence-corrected chi connectivity index (χ2v) is 4.74. The van der Waals surface area contributed by atoms with Gasteiger partial charge in [-0.05, 0) is 31.0 Å². The molecule has 1 aliphatic rings.